The Morgan fingerprint density at radius 3 is 2.61 bits per heavy atom. The highest BCUT2D eigenvalue weighted by Crippen LogP contribution is 2.28. The predicted molar refractivity (Wildman–Crippen MR) is 77.3 cm³/mol. The summed E-state index contributed by atoms with van der Waals surface area (Å²) in [4.78, 5) is 0. The molecule has 1 N–H and O–H groups in total. The molecule has 1 aliphatic carbocycles. The molecule has 2 rings (SSSR count). The smallest absolute Gasteiger partial charge is 0.142 e. The van der Waals surface area contributed by atoms with Gasteiger partial charge in [-0.15, -0.1) is 0 Å². The van der Waals surface area contributed by atoms with Gasteiger partial charge in [-0.25, -0.2) is 0 Å². The number of rotatable bonds is 5. The van der Waals surface area contributed by atoms with Crippen LogP contribution in [0.4, 0.5) is 5.69 Å². The van der Waals surface area contributed by atoms with Gasteiger partial charge < -0.3 is 10.1 Å². The Morgan fingerprint density at radius 1 is 1.17 bits per heavy atom. The van der Waals surface area contributed by atoms with Gasteiger partial charge in [-0.2, -0.15) is 0 Å². The number of ether oxygens (including phenoxy) is 1. The fraction of sp³-hybridized carbons (Fsp3) is 0.625. The zero-order chi connectivity index (χ0) is 12.8. The fourth-order valence-electron chi connectivity index (χ4n) is 2.61. The van der Waals surface area contributed by atoms with Crippen LogP contribution < -0.4 is 10.1 Å². The summed E-state index contributed by atoms with van der Waals surface area (Å²) in [6, 6.07) is 8.25. The van der Waals surface area contributed by atoms with Crippen molar-refractivity contribution in [3.8, 4) is 5.75 Å². The van der Waals surface area contributed by atoms with Crippen LogP contribution in [0, 0.1) is 5.92 Å². The monoisotopic (exact) mass is 247 g/mol. The molecular formula is C16H25NO. The molecule has 0 saturated heterocycles. The number of hydrogen-bond donors (Lipinski definition) is 1. The average Bonchev–Trinajstić information content (AvgIpc) is 2.38. The van der Waals surface area contributed by atoms with E-state index in [0.29, 0.717) is 0 Å². The molecule has 1 saturated carbocycles. The molecule has 0 unspecified atom stereocenters. The van der Waals surface area contributed by atoms with Crippen molar-refractivity contribution < 1.29 is 4.74 Å². The molecule has 0 radical (unpaired) electrons. The lowest BCUT2D eigenvalue weighted by atomic mass is 9.89. The lowest BCUT2D eigenvalue weighted by Gasteiger charge is -2.23. The Bertz CT molecular complexity index is 356. The minimum Gasteiger partial charge on any atom is -0.489 e. The van der Waals surface area contributed by atoms with E-state index in [0.717, 1.165) is 23.9 Å². The summed E-state index contributed by atoms with van der Waals surface area (Å²) in [6.45, 7) is 5.22. The minimum absolute atomic E-state index is 0.225. The topological polar surface area (TPSA) is 21.3 Å². The Morgan fingerprint density at radius 2 is 1.89 bits per heavy atom. The molecule has 0 aliphatic heterocycles. The van der Waals surface area contributed by atoms with E-state index in [1.165, 1.54) is 32.1 Å². The highest BCUT2D eigenvalue weighted by Gasteiger charge is 2.13. The Kier molecular flexibility index (Phi) is 4.91. The minimum atomic E-state index is 0.225. The summed E-state index contributed by atoms with van der Waals surface area (Å²) >= 11 is 0. The number of anilines is 1. The van der Waals surface area contributed by atoms with E-state index in [-0.39, 0.29) is 6.10 Å². The van der Waals surface area contributed by atoms with E-state index in [4.69, 9.17) is 4.74 Å². The maximum atomic E-state index is 5.82. The first kappa shape index (κ1) is 13.3. The maximum Gasteiger partial charge on any atom is 0.142 e. The van der Waals surface area contributed by atoms with Crippen LogP contribution >= 0.6 is 0 Å². The zero-order valence-corrected chi connectivity index (χ0v) is 11.6. The van der Waals surface area contributed by atoms with Gasteiger partial charge in [0.25, 0.3) is 0 Å². The molecule has 0 heterocycles. The van der Waals surface area contributed by atoms with Gasteiger partial charge in [0.15, 0.2) is 0 Å². The van der Waals surface area contributed by atoms with E-state index in [1.807, 2.05) is 12.1 Å². The largest absolute Gasteiger partial charge is 0.489 e. The maximum absolute atomic E-state index is 5.82. The molecule has 1 aromatic carbocycles. The fourth-order valence-corrected chi connectivity index (χ4v) is 2.61. The van der Waals surface area contributed by atoms with E-state index in [2.05, 4.69) is 31.3 Å². The van der Waals surface area contributed by atoms with Crippen molar-refractivity contribution in [2.45, 2.75) is 52.1 Å². The van der Waals surface area contributed by atoms with Crippen LogP contribution in [0.3, 0.4) is 0 Å². The molecule has 18 heavy (non-hydrogen) atoms. The van der Waals surface area contributed by atoms with Gasteiger partial charge in [0.2, 0.25) is 0 Å². The third kappa shape index (κ3) is 3.94. The molecule has 0 atom stereocenters. The Labute approximate surface area is 111 Å². The number of benzene rings is 1. The summed E-state index contributed by atoms with van der Waals surface area (Å²) in [5, 5.41) is 3.56. The third-order valence-electron chi connectivity index (χ3n) is 3.56. The highest BCUT2D eigenvalue weighted by atomic mass is 16.5. The van der Waals surface area contributed by atoms with Crippen molar-refractivity contribution in [1.29, 1.82) is 0 Å². The SMILES string of the molecule is CC(C)Oc1ccccc1NCC1CCCCC1. The van der Waals surface area contributed by atoms with Crippen LogP contribution in [0.25, 0.3) is 0 Å². The summed E-state index contributed by atoms with van der Waals surface area (Å²) in [7, 11) is 0. The molecule has 0 bridgehead atoms. The van der Waals surface area contributed by atoms with Crippen molar-refractivity contribution in [2.24, 2.45) is 5.92 Å². The average molecular weight is 247 g/mol. The second-order valence-corrected chi connectivity index (χ2v) is 5.55. The van der Waals surface area contributed by atoms with E-state index in [9.17, 15) is 0 Å². The van der Waals surface area contributed by atoms with Gasteiger partial charge in [-0.3, -0.25) is 0 Å². The van der Waals surface area contributed by atoms with Crippen molar-refractivity contribution in [3.63, 3.8) is 0 Å². The molecule has 0 aromatic heterocycles. The van der Waals surface area contributed by atoms with Crippen LogP contribution in [0.15, 0.2) is 24.3 Å². The van der Waals surface area contributed by atoms with Gasteiger partial charge >= 0.3 is 0 Å². The van der Waals surface area contributed by atoms with Gasteiger partial charge in [-0.1, -0.05) is 31.4 Å². The van der Waals surface area contributed by atoms with Gasteiger partial charge in [0.05, 0.1) is 11.8 Å². The van der Waals surface area contributed by atoms with E-state index >= 15 is 0 Å². The quantitative estimate of drug-likeness (QED) is 0.829. The number of hydrogen-bond acceptors (Lipinski definition) is 2. The molecule has 2 nitrogen and oxygen atoms in total. The Balaban J connectivity index is 1.91. The van der Waals surface area contributed by atoms with Crippen LogP contribution in [0.5, 0.6) is 5.75 Å². The first-order chi connectivity index (χ1) is 8.75. The predicted octanol–water partition coefficient (Wildman–Crippen LogP) is 4.47. The highest BCUT2D eigenvalue weighted by molar-refractivity contribution is 5.56. The molecule has 100 valence electrons. The molecule has 1 fully saturated rings. The van der Waals surface area contributed by atoms with Gasteiger partial charge in [0.1, 0.15) is 5.75 Å². The van der Waals surface area contributed by atoms with Crippen LogP contribution in [-0.4, -0.2) is 12.6 Å². The lowest BCUT2D eigenvalue weighted by Crippen LogP contribution is -2.18. The van der Waals surface area contributed by atoms with Gasteiger partial charge in [0, 0.05) is 6.54 Å². The standard InChI is InChI=1S/C16H25NO/c1-13(2)18-16-11-7-6-10-15(16)17-12-14-8-4-3-5-9-14/h6-7,10-11,13-14,17H,3-5,8-9,12H2,1-2H3. The van der Waals surface area contributed by atoms with Gasteiger partial charge in [-0.05, 0) is 44.7 Å². The molecular weight excluding hydrogens is 222 g/mol. The molecule has 1 aromatic rings. The van der Waals surface area contributed by atoms with E-state index in [1.54, 1.807) is 0 Å². The van der Waals surface area contributed by atoms with Crippen molar-refractivity contribution >= 4 is 5.69 Å². The van der Waals surface area contributed by atoms with E-state index < -0.39 is 0 Å². The molecule has 0 amide bonds. The normalized spacial score (nSPS) is 16.8. The lowest BCUT2D eigenvalue weighted by molar-refractivity contribution is 0.243. The van der Waals surface area contributed by atoms with Crippen LogP contribution in [0.2, 0.25) is 0 Å². The summed E-state index contributed by atoms with van der Waals surface area (Å²) < 4.78 is 5.82. The van der Waals surface area contributed by atoms with Crippen molar-refractivity contribution in [3.05, 3.63) is 24.3 Å². The summed E-state index contributed by atoms with van der Waals surface area (Å²) in [5.74, 6) is 1.81. The second-order valence-electron chi connectivity index (χ2n) is 5.55. The molecule has 1 aliphatic rings. The second kappa shape index (κ2) is 6.67. The van der Waals surface area contributed by atoms with Crippen molar-refractivity contribution in [2.75, 3.05) is 11.9 Å². The first-order valence-corrected chi connectivity index (χ1v) is 7.25. The Hall–Kier alpha value is -1.18. The number of nitrogens with one attached hydrogen (secondary N) is 1. The first-order valence-electron chi connectivity index (χ1n) is 7.25. The number of para-hydroxylation sites is 2. The molecule has 0 spiro atoms. The van der Waals surface area contributed by atoms with Crippen molar-refractivity contribution in [1.82, 2.24) is 0 Å². The van der Waals surface area contributed by atoms with Crippen LogP contribution in [-0.2, 0) is 0 Å². The third-order valence-corrected chi connectivity index (χ3v) is 3.56. The summed E-state index contributed by atoms with van der Waals surface area (Å²) in [5.41, 5.74) is 1.14. The molecule has 2 heteroatoms. The zero-order valence-electron chi connectivity index (χ0n) is 11.6. The summed E-state index contributed by atoms with van der Waals surface area (Å²) in [6.07, 6.45) is 7.19. The van der Waals surface area contributed by atoms with Crippen LogP contribution in [0.1, 0.15) is 46.0 Å².